The first-order chi connectivity index (χ1) is 17.9. The molecule has 0 radical (unpaired) electrons. The van der Waals surface area contributed by atoms with Crippen molar-refractivity contribution in [2.24, 2.45) is 0 Å². The normalized spacial score (nSPS) is 11.3. The molecule has 0 saturated carbocycles. The zero-order valence-corrected chi connectivity index (χ0v) is 28.3. The predicted octanol–water partition coefficient (Wildman–Crippen LogP) is 3.99. The van der Waals surface area contributed by atoms with E-state index in [0.29, 0.717) is 13.2 Å². The summed E-state index contributed by atoms with van der Waals surface area (Å²) in [5.74, 6) is -2.86. The van der Waals surface area contributed by atoms with Gasteiger partial charge in [-0.15, -0.1) is 0 Å². The van der Waals surface area contributed by atoms with Crippen LogP contribution in [0.3, 0.4) is 0 Å². The standard InChI is InChI=1S/C12H32O4Si3.2C6H10O4/c1-14-10-12-18(4,5)16-19(6,7)15-17(2,3)11-8-9-13;2*1-2-10-6(9)4-3-5(7)8/h13H,8-12H2,1-7H3;2*2-4H2,1H3,(H,7,8). The third kappa shape index (κ3) is 32.5. The number of hydrogen-bond acceptors (Lipinski definition) is 10. The lowest BCUT2D eigenvalue weighted by molar-refractivity contribution is -0.147. The number of aliphatic hydroxyl groups excluding tert-OH is 1. The highest BCUT2D eigenvalue weighted by Gasteiger charge is 2.39. The van der Waals surface area contributed by atoms with Crippen molar-refractivity contribution in [1.29, 1.82) is 0 Å². The van der Waals surface area contributed by atoms with E-state index in [9.17, 15) is 19.2 Å². The topological polar surface area (TPSA) is 175 Å². The molecule has 0 atom stereocenters. The van der Waals surface area contributed by atoms with E-state index in [1.54, 1.807) is 21.0 Å². The molecule has 12 nitrogen and oxygen atoms in total. The highest BCUT2D eigenvalue weighted by molar-refractivity contribution is 6.87. The second-order valence-corrected chi connectivity index (χ2v) is 22.6. The quantitative estimate of drug-likeness (QED) is 0.149. The molecule has 0 bridgehead atoms. The van der Waals surface area contributed by atoms with Crippen molar-refractivity contribution in [3.8, 4) is 0 Å². The first-order valence-corrected chi connectivity index (χ1v) is 22.2. The highest BCUT2D eigenvalue weighted by atomic mass is 28.5. The second-order valence-electron chi connectivity index (χ2n) is 10.1. The first kappa shape index (κ1) is 41.8. The van der Waals surface area contributed by atoms with Crippen LogP contribution in [-0.4, -0.2) is 97.9 Å². The molecule has 0 aromatic carbocycles. The van der Waals surface area contributed by atoms with Crippen LogP contribution >= 0.6 is 0 Å². The van der Waals surface area contributed by atoms with Crippen molar-refractivity contribution in [1.82, 2.24) is 0 Å². The van der Waals surface area contributed by atoms with E-state index in [4.69, 9.17) is 28.3 Å². The van der Waals surface area contributed by atoms with Crippen molar-refractivity contribution in [2.45, 2.75) is 97.3 Å². The van der Waals surface area contributed by atoms with Crippen LogP contribution in [-0.2, 0) is 41.6 Å². The molecule has 0 fully saturated rings. The number of ether oxygens (including phenoxy) is 3. The average Bonchev–Trinajstić information content (AvgIpc) is 2.78. The summed E-state index contributed by atoms with van der Waals surface area (Å²) >= 11 is 0. The Morgan fingerprint density at radius 2 is 1.05 bits per heavy atom. The summed E-state index contributed by atoms with van der Waals surface area (Å²) in [7, 11) is -3.79. The molecule has 15 heteroatoms. The van der Waals surface area contributed by atoms with E-state index < -0.39 is 49.1 Å². The van der Waals surface area contributed by atoms with Crippen molar-refractivity contribution < 1.29 is 56.9 Å². The fraction of sp³-hybridized carbons (Fsp3) is 0.833. The van der Waals surface area contributed by atoms with Crippen molar-refractivity contribution >= 4 is 49.1 Å². The summed E-state index contributed by atoms with van der Waals surface area (Å²) in [6, 6.07) is 1.99. The molecule has 0 spiro atoms. The second kappa shape index (κ2) is 23.1. The maximum atomic E-state index is 10.5. The molecule has 0 rings (SSSR count). The lowest BCUT2D eigenvalue weighted by Gasteiger charge is -2.38. The van der Waals surface area contributed by atoms with Gasteiger partial charge in [-0.25, -0.2) is 0 Å². The van der Waals surface area contributed by atoms with Gasteiger partial charge in [-0.05, 0) is 71.6 Å². The van der Waals surface area contributed by atoms with Crippen LogP contribution < -0.4 is 0 Å². The van der Waals surface area contributed by atoms with Gasteiger partial charge in [0.15, 0.2) is 16.6 Å². The summed E-state index contributed by atoms with van der Waals surface area (Å²) in [6.07, 6.45) is 0.443. The van der Waals surface area contributed by atoms with Gasteiger partial charge in [-0.3, -0.25) is 19.2 Å². The molecule has 0 aromatic rings. The number of rotatable bonds is 18. The molecule has 0 amide bonds. The summed E-state index contributed by atoms with van der Waals surface area (Å²) in [5.41, 5.74) is 0. The number of hydrogen-bond donors (Lipinski definition) is 3. The van der Waals surface area contributed by atoms with E-state index in [1.807, 2.05) is 0 Å². The number of methoxy groups -OCH3 is 1. The lowest BCUT2D eigenvalue weighted by atomic mass is 10.3. The number of carboxylic acids is 2. The minimum Gasteiger partial charge on any atom is -0.481 e. The summed E-state index contributed by atoms with van der Waals surface area (Å²) in [5, 5.41) is 25.2. The number of carbonyl (C=O) groups is 4. The molecular weight excluding hydrogens is 565 g/mol. The van der Waals surface area contributed by atoms with Crippen LogP contribution in [0.4, 0.5) is 0 Å². The van der Waals surface area contributed by atoms with Crippen LogP contribution in [0.2, 0.25) is 51.4 Å². The third-order valence-corrected chi connectivity index (χ3v) is 15.9. The molecule has 0 saturated heterocycles. The smallest absolute Gasteiger partial charge is 0.311 e. The number of aliphatic carboxylic acids is 2. The monoisotopic (exact) mass is 616 g/mol. The largest absolute Gasteiger partial charge is 0.481 e. The highest BCUT2D eigenvalue weighted by Crippen LogP contribution is 2.25. The Morgan fingerprint density at radius 1 is 0.667 bits per heavy atom. The SMILES string of the molecule is CCOC(=O)CCC(=O)O.CCOC(=O)CCC(=O)O.COCC[Si](C)(C)O[Si](C)(C)O[Si](C)(C)CCCO. The lowest BCUT2D eigenvalue weighted by Crippen LogP contribution is -2.52. The fourth-order valence-electron chi connectivity index (χ4n) is 3.19. The van der Waals surface area contributed by atoms with Crippen molar-refractivity contribution in [2.75, 3.05) is 33.5 Å². The zero-order valence-electron chi connectivity index (χ0n) is 25.3. The van der Waals surface area contributed by atoms with E-state index in [1.165, 1.54) is 0 Å². The minimum absolute atomic E-state index is 0.0385. The molecular formula is C24H52O12Si3. The Labute approximate surface area is 236 Å². The molecule has 3 N–H and O–H groups in total. The number of esters is 2. The minimum atomic E-state index is -2.09. The van der Waals surface area contributed by atoms with E-state index >= 15 is 0 Å². The van der Waals surface area contributed by atoms with Gasteiger partial charge in [0, 0.05) is 20.3 Å². The Morgan fingerprint density at radius 3 is 1.36 bits per heavy atom. The molecule has 0 aliphatic rings. The van der Waals surface area contributed by atoms with Gasteiger partial charge in [-0.1, -0.05) is 0 Å². The van der Waals surface area contributed by atoms with Crippen LogP contribution in [0.25, 0.3) is 0 Å². The molecule has 0 unspecified atom stereocenters. The first-order valence-electron chi connectivity index (χ1n) is 13.1. The van der Waals surface area contributed by atoms with Gasteiger partial charge in [-0.2, -0.15) is 0 Å². The Hall–Kier alpha value is -1.63. The van der Waals surface area contributed by atoms with Gasteiger partial charge in [0.25, 0.3) is 0 Å². The number of aliphatic hydroxyl groups is 1. The van der Waals surface area contributed by atoms with Crippen molar-refractivity contribution in [3.63, 3.8) is 0 Å². The van der Waals surface area contributed by atoms with Gasteiger partial charge < -0.3 is 37.8 Å². The van der Waals surface area contributed by atoms with Crippen LogP contribution in [0.5, 0.6) is 0 Å². The molecule has 0 aliphatic carbocycles. The van der Waals surface area contributed by atoms with E-state index in [-0.39, 0.29) is 32.3 Å². The third-order valence-electron chi connectivity index (χ3n) is 4.59. The maximum absolute atomic E-state index is 10.5. The summed E-state index contributed by atoms with van der Waals surface area (Å²) < 4.78 is 26.9. The molecule has 232 valence electrons. The maximum Gasteiger partial charge on any atom is 0.311 e. The Bertz CT molecular complexity index is 644. The predicted molar refractivity (Wildman–Crippen MR) is 155 cm³/mol. The number of carboxylic acid groups (broad SMARTS) is 2. The molecule has 39 heavy (non-hydrogen) atoms. The van der Waals surface area contributed by atoms with Gasteiger partial charge >= 0.3 is 32.4 Å². The zero-order chi connectivity index (χ0) is 31.1. The fourth-order valence-corrected chi connectivity index (χ4v) is 16.9. The van der Waals surface area contributed by atoms with Crippen LogP contribution in [0.15, 0.2) is 0 Å². The summed E-state index contributed by atoms with van der Waals surface area (Å²) in [4.78, 5) is 40.7. The molecule has 0 aromatic heterocycles. The van der Waals surface area contributed by atoms with Crippen LogP contribution in [0.1, 0.15) is 46.0 Å². The van der Waals surface area contributed by atoms with Gasteiger partial charge in [0.05, 0.1) is 38.9 Å². The Kier molecular flexibility index (Phi) is 24.8. The van der Waals surface area contributed by atoms with E-state index in [2.05, 4.69) is 48.8 Å². The molecule has 0 aliphatic heterocycles. The van der Waals surface area contributed by atoms with Gasteiger partial charge in [0.1, 0.15) is 0 Å². The Balaban J connectivity index is -0.000000547. The summed E-state index contributed by atoms with van der Waals surface area (Å²) in [6.45, 7) is 18.1. The average molecular weight is 617 g/mol. The van der Waals surface area contributed by atoms with Gasteiger partial charge in [0.2, 0.25) is 0 Å². The number of carbonyl (C=O) groups excluding carboxylic acids is 2. The van der Waals surface area contributed by atoms with E-state index in [0.717, 1.165) is 25.1 Å². The molecule has 0 heterocycles. The van der Waals surface area contributed by atoms with Crippen LogP contribution in [0, 0.1) is 0 Å². The van der Waals surface area contributed by atoms with Crippen molar-refractivity contribution in [3.05, 3.63) is 0 Å².